The van der Waals surface area contributed by atoms with Gasteiger partial charge in [0.15, 0.2) is 0 Å². The van der Waals surface area contributed by atoms with Crippen LogP contribution in [0, 0.1) is 5.82 Å². The molecule has 0 aliphatic carbocycles. The Labute approximate surface area is 91.7 Å². The van der Waals surface area contributed by atoms with Gasteiger partial charge in [0.1, 0.15) is 5.82 Å². The average molecular weight is 222 g/mol. The van der Waals surface area contributed by atoms with Crippen molar-refractivity contribution in [1.29, 1.82) is 0 Å². The van der Waals surface area contributed by atoms with Gasteiger partial charge in [-0.1, -0.05) is 22.3 Å². The summed E-state index contributed by atoms with van der Waals surface area (Å²) >= 11 is 0. The van der Waals surface area contributed by atoms with Gasteiger partial charge in [0.25, 0.3) is 0 Å². The quantitative estimate of drug-likeness (QED) is 0.850. The molecule has 0 unspecified atom stereocenters. The van der Waals surface area contributed by atoms with Crippen molar-refractivity contribution < 1.29 is 8.81 Å². The minimum Gasteiger partial charge on any atom is -0.390 e. The summed E-state index contributed by atoms with van der Waals surface area (Å²) in [6.07, 6.45) is 0. The van der Waals surface area contributed by atoms with Crippen LogP contribution in [0.2, 0.25) is 0 Å². The third-order valence-electron chi connectivity index (χ3n) is 2.09. The molecule has 1 aromatic carbocycles. The van der Waals surface area contributed by atoms with Gasteiger partial charge in [0, 0.05) is 13.6 Å². The highest BCUT2D eigenvalue weighted by Gasteiger charge is 2.09. The molecular formula is C10H11FN4O. The number of aromatic nitrogens is 2. The van der Waals surface area contributed by atoms with Crippen LogP contribution in [0.1, 0.15) is 5.56 Å². The summed E-state index contributed by atoms with van der Waals surface area (Å²) in [6, 6.07) is 6.58. The molecule has 0 atom stereocenters. The maximum Gasteiger partial charge on any atom is 0.319 e. The zero-order valence-corrected chi connectivity index (χ0v) is 8.72. The van der Waals surface area contributed by atoms with Crippen molar-refractivity contribution in [3.05, 3.63) is 35.6 Å². The number of benzene rings is 1. The average Bonchev–Trinajstić information content (AvgIpc) is 2.68. The lowest BCUT2D eigenvalue weighted by Gasteiger charge is -2.13. The Kier molecular flexibility index (Phi) is 2.72. The van der Waals surface area contributed by atoms with Crippen LogP contribution in [0.15, 0.2) is 28.7 Å². The van der Waals surface area contributed by atoms with Gasteiger partial charge in [-0.25, -0.2) is 4.39 Å². The maximum atomic E-state index is 12.7. The second kappa shape index (κ2) is 4.18. The molecule has 0 amide bonds. The molecule has 0 saturated heterocycles. The van der Waals surface area contributed by atoms with Crippen molar-refractivity contribution >= 4 is 12.0 Å². The third-order valence-corrected chi connectivity index (χ3v) is 2.09. The molecule has 1 heterocycles. The molecule has 0 spiro atoms. The minimum absolute atomic E-state index is 0.0287. The topological polar surface area (TPSA) is 68.2 Å². The maximum absolute atomic E-state index is 12.7. The Morgan fingerprint density at radius 1 is 1.31 bits per heavy atom. The molecule has 0 bridgehead atoms. The van der Waals surface area contributed by atoms with Crippen LogP contribution in [0.25, 0.3) is 0 Å². The zero-order valence-electron chi connectivity index (χ0n) is 8.72. The Bertz CT molecular complexity index is 468. The van der Waals surface area contributed by atoms with Gasteiger partial charge in [0.05, 0.1) is 0 Å². The van der Waals surface area contributed by atoms with Crippen LogP contribution >= 0.6 is 0 Å². The highest BCUT2D eigenvalue weighted by Crippen LogP contribution is 2.14. The smallest absolute Gasteiger partial charge is 0.319 e. The molecule has 2 rings (SSSR count). The van der Waals surface area contributed by atoms with E-state index in [1.807, 2.05) is 0 Å². The van der Waals surface area contributed by atoms with Crippen molar-refractivity contribution in [1.82, 2.24) is 10.2 Å². The largest absolute Gasteiger partial charge is 0.390 e. The number of anilines is 2. The predicted octanol–water partition coefficient (Wildman–Crippen LogP) is 1.43. The number of halogens is 1. The van der Waals surface area contributed by atoms with E-state index in [4.69, 9.17) is 10.2 Å². The molecule has 0 saturated carbocycles. The molecule has 2 aromatic rings. The van der Waals surface area contributed by atoms with Gasteiger partial charge in [-0.2, -0.15) is 0 Å². The normalized spacial score (nSPS) is 10.4. The first-order chi connectivity index (χ1) is 7.65. The van der Waals surface area contributed by atoms with E-state index in [0.29, 0.717) is 12.6 Å². The first-order valence-corrected chi connectivity index (χ1v) is 4.70. The lowest BCUT2D eigenvalue weighted by Crippen LogP contribution is -2.16. The van der Waals surface area contributed by atoms with E-state index in [1.165, 1.54) is 12.1 Å². The second-order valence-electron chi connectivity index (χ2n) is 3.41. The van der Waals surface area contributed by atoms with Crippen LogP contribution in [0.3, 0.4) is 0 Å². The van der Waals surface area contributed by atoms with Crippen LogP contribution in [0.5, 0.6) is 0 Å². The second-order valence-corrected chi connectivity index (χ2v) is 3.41. The Morgan fingerprint density at radius 2 is 2.00 bits per heavy atom. The van der Waals surface area contributed by atoms with E-state index in [0.717, 1.165) is 5.56 Å². The lowest BCUT2D eigenvalue weighted by atomic mass is 10.2. The van der Waals surface area contributed by atoms with Crippen molar-refractivity contribution in [2.24, 2.45) is 0 Å². The summed E-state index contributed by atoms with van der Waals surface area (Å²) in [7, 11) is 1.79. The van der Waals surface area contributed by atoms with Crippen LogP contribution in [-0.2, 0) is 6.54 Å². The fourth-order valence-corrected chi connectivity index (χ4v) is 1.31. The van der Waals surface area contributed by atoms with Crippen LogP contribution in [-0.4, -0.2) is 17.2 Å². The summed E-state index contributed by atoms with van der Waals surface area (Å²) in [5.74, 6) is -0.256. The van der Waals surface area contributed by atoms with Crippen LogP contribution < -0.4 is 10.6 Å². The van der Waals surface area contributed by atoms with Gasteiger partial charge >= 0.3 is 12.0 Å². The standard InChI is InChI=1S/C10H11FN4O/c1-15(10-14-13-9(12)16-10)6-7-2-4-8(11)5-3-7/h2-5H,6H2,1H3,(H2,12,13). The molecule has 1 aromatic heterocycles. The van der Waals surface area contributed by atoms with Gasteiger partial charge in [-0.15, -0.1) is 0 Å². The first kappa shape index (κ1) is 10.4. The molecule has 5 nitrogen and oxygen atoms in total. The molecule has 0 fully saturated rings. The monoisotopic (exact) mass is 222 g/mol. The molecule has 0 radical (unpaired) electrons. The van der Waals surface area contributed by atoms with Crippen molar-refractivity contribution in [3.63, 3.8) is 0 Å². The fraction of sp³-hybridized carbons (Fsp3) is 0.200. The Morgan fingerprint density at radius 3 is 2.56 bits per heavy atom. The van der Waals surface area contributed by atoms with E-state index in [1.54, 1.807) is 24.1 Å². The Balaban J connectivity index is 2.07. The minimum atomic E-state index is -0.256. The van der Waals surface area contributed by atoms with Gasteiger partial charge in [-0.05, 0) is 17.7 Å². The highest BCUT2D eigenvalue weighted by molar-refractivity contribution is 5.29. The molecule has 0 aliphatic heterocycles. The molecule has 6 heteroatoms. The molecular weight excluding hydrogens is 211 g/mol. The molecule has 16 heavy (non-hydrogen) atoms. The van der Waals surface area contributed by atoms with Crippen LogP contribution in [0.4, 0.5) is 16.4 Å². The summed E-state index contributed by atoms with van der Waals surface area (Å²) in [6.45, 7) is 0.544. The third kappa shape index (κ3) is 2.28. The highest BCUT2D eigenvalue weighted by atomic mass is 19.1. The molecule has 84 valence electrons. The zero-order chi connectivity index (χ0) is 11.5. The number of hydrogen-bond donors (Lipinski definition) is 1. The first-order valence-electron chi connectivity index (χ1n) is 4.70. The molecule has 0 aliphatic rings. The van der Waals surface area contributed by atoms with E-state index in [2.05, 4.69) is 10.2 Å². The number of nitrogens with two attached hydrogens (primary N) is 1. The summed E-state index contributed by atoms with van der Waals surface area (Å²) < 4.78 is 17.7. The summed E-state index contributed by atoms with van der Waals surface area (Å²) in [4.78, 5) is 1.73. The number of nitrogen functional groups attached to an aromatic ring is 1. The van der Waals surface area contributed by atoms with Crippen molar-refractivity contribution in [2.75, 3.05) is 17.7 Å². The predicted molar refractivity (Wildman–Crippen MR) is 57.2 cm³/mol. The Hall–Kier alpha value is -2.11. The molecule has 2 N–H and O–H groups in total. The fourth-order valence-electron chi connectivity index (χ4n) is 1.31. The van der Waals surface area contributed by atoms with E-state index < -0.39 is 0 Å². The summed E-state index contributed by atoms with van der Waals surface area (Å²) in [5.41, 5.74) is 6.26. The number of hydrogen-bond acceptors (Lipinski definition) is 5. The van der Waals surface area contributed by atoms with Gasteiger partial charge < -0.3 is 15.1 Å². The summed E-state index contributed by atoms with van der Waals surface area (Å²) in [5, 5.41) is 7.29. The van der Waals surface area contributed by atoms with Gasteiger partial charge in [-0.3, -0.25) is 0 Å². The van der Waals surface area contributed by atoms with E-state index in [9.17, 15) is 4.39 Å². The van der Waals surface area contributed by atoms with Crippen molar-refractivity contribution in [3.8, 4) is 0 Å². The van der Waals surface area contributed by atoms with E-state index >= 15 is 0 Å². The van der Waals surface area contributed by atoms with E-state index in [-0.39, 0.29) is 11.8 Å². The number of rotatable bonds is 3. The SMILES string of the molecule is CN(Cc1ccc(F)cc1)c1nnc(N)o1. The van der Waals surface area contributed by atoms with Gasteiger partial charge in [0.2, 0.25) is 0 Å². The number of nitrogens with zero attached hydrogens (tertiary/aromatic N) is 3. The lowest BCUT2D eigenvalue weighted by molar-refractivity contribution is 0.559. The van der Waals surface area contributed by atoms with Crippen molar-refractivity contribution in [2.45, 2.75) is 6.54 Å².